The van der Waals surface area contributed by atoms with E-state index < -0.39 is 39.8 Å². The number of piperazine rings is 1. The molecule has 378 valence electrons. The van der Waals surface area contributed by atoms with Crippen molar-refractivity contribution < 1.29 is 46.7 Å². The Labute approximate surface area is 405 Å². The molecule has 19 nitrogen and oxygen atoms in total. The quantitative estimate of drug-likeness (QED) is 0.162. The van der Waals surface area contributed by atoms with Gasteiger partial charge in [-0.25, -0.2) is 12.7 Å². The van der Waals surface area contributed by atoms with Crippen molar-refractivity contribution in [3.05, 3.63) is 0 Å². The number of ether oxygens (including phenoxy) is 1. The lowest BCUT2D eigenvalue weighted by Crippen LogP contribution is -2.59. The van der Waals surface area contributed by atoms with Gasteiger partial charge < -0.3 is 20.3 Å². The Hall–Kier alpha value is -3.21. The van der Waals surface area contributed by atoms with Crippen LogP contribution < -0.4 is 21.3 Å². The van der Waals surface area contributed by atoms with Gasteiger partial charge in [0.15, 0.2) is 0 Å². The summed E-state index contributed by atoms with van der Waals surface area (Å²) in [6.07, 6.45) is 13.4. The normalized spacial score (nSPS) is 34.4. The molecule has 0 radical (unpaired) electrons. The summed E-state index contributed by atoms with van der Waals surface area (Å²) >= 11 is 1.68. The van der Waals surface area contributed by atoms with Crippen molar-refractivity contribution in [2.24, 2.45) is 41.4 Å². The van der Waals surface area contributed by atoms with Crippen LogP contribution in [0.4, 0.5) is 0 Å². The van der Waals surface area contributed by atoms with E-state index >= 15 is 0 Å². The molecule has 3 saturated carbocycles. The van der Waals surface area contributed by atoms with E-state index in [4.69, 9.17) is 4.74 Å². The molecule has 21 heteroatoms. The molecule has 7 unspecified atom stereocenters. The van der Waals surface area contributed by atoms with Crippen LogP contribution in [0, 0.1) is 41.4 Å². The Morgan fingerprint density at radius 1 is 0.809 bits per heavy atom. The Morgan fingerprint density at radius 3 is 2.25 bits per heavy atom. The lowest BCUT2D eigenvalue weighted by Gasteiger charge is -2.49. The summed E-state index contributed by atoms with van der Waals surface area (Å²) < 4.78 is 31.7. The first kappa shape index (κ1) is 49.8. The summed E-state index contributed by atoms with van der Waals surface area (Å²) in [7, 11) is -3.42. The average Bonchev–Trinajstić information content (AvgIpc) is 4.07. The number of hydrogen-bond acceptors (Lipinski definition) is 14. The molecule has 0 aromatic heterocycles. The number of sulfonamides is 1. The number of nitrogens with zero attached hydrogens (tertiary/aromatic N) is 5. The molecule has 8 atom stereocenters. The Balaban J connectivity index is 0.673. The molecule has 6 aliphatic heterocycles. The fourth-order valence-electron chi connectivity index (χ4n) is 12.8. The summed E-state index contributed by atoms with van der Waals surface area (Å²) in [4.78, 5) is 99.8. The highest BCUT2D eigenvalue weighted by atomic mass is 32.2. The van der Waals surface area contributed by atoms with Crippen LogP contribution in [0.1, 0.15) is 96.3 Å². The van der Waals surface area contributed by atoms with Crippen LogP contribution >= 0.6 is 11.8 Å². The summed E-state index contributed by atoms with van der Waals surface area (Å²) in [6, 6.07) is -1.24. The zero-order chi connectivity index (χ0) is 47.7. The maximum atomic E-state index is 13.7. The van der Waals surface area contributed by atoms with E-state index in [-0.39, 0.29) is 97.3 Å². The van der Waals surface area contributed by atoms with E-state index in [9.17, 15) is 42.0 Å². The number of likely N-dealkylation sites (tertiary alicyclic amines) is 2. The molecule has 3 aliphatic carbocycles. The zero-order valence-electron chi connectivity index (χ0n) is 39.7. The number of fused-ring (bicyclic) bond motifs is 1. The van der Waals surface area contributed by atoms with Gasteiger partial charge in [-0.15, -0.1) is 11.8 Å². The Bertz CT molecular complexity index is 2020. The van der Waals surface area contributed by atoms with Crippen molar-refractivity contribution in [2.45, 2.75) is 126 Å². The number of carbonyl (C=O) groups is 7. The first-order valence-corrected chi connectivity index (χ1v) is 28.5. The number of imide groups is 2. The van der Waals surface area contributed by atoms with Crippen LogP contribution in [0.3, 0.4) is 0 Å². The second-order valence-electron chi connectivity index (χ2n) is 21.5. The molecule has 6 heterocycles. The molecular weight excluding hydrogens is 915 g/mol. The van der Waals surface area contributed by atoms with Crippen molar-refractivity contribution in [1.29, 1.82) is 0 Å². The number of hydrogen-bond donors (Lipinski definition) is 4. The molecule has 4 N–H and O–H groups in total. The average molecular weight is 988 g/mol. The highest BCUT2D eigenvalue weighted by Gasteiger charge is 2.55. The van der Waals surface area contributed by atoms with E-state index in [0.29, 0.717) is 56.8 Å². The molecule has 0 bridgehead atoms. The Morgan fingerprint density at radius 2 is 1.54 bits per heavy atom. The third kappa shape index (κ3) is 11.4. The summed E-state index contributed by atoms with van der Waals surface area (Å²) in [5.74, 6) is -0.938. The second kappa shape index (κ2) is 21.6. The lowest BCUT2D eigenvalue weighted by molar-refractivity contribution is -0.151. The molecule has 0 aromatic carbocycles. The molecular formula is C47H73N9O10S2. The van der Waals surface area contributed by atoms with E-state index in [0.717, 1.165) is 81.7 Å². The van der Waals surface area contributed by atoms with E-state index in [1.54, 1.807) is 11.8 Å². The van der Waals surface area contributed by atoms with Gasteiger partial charge >= 0.3 is 0 Å². The van der Waals surface area contributed by atoms with Gasteiger partial charge in [-0.2, -0.15) is 0 Å². The molecule has 68 heavy (non-hydrogen) atoms. The SMILES string of the molecule is CS(=O)(=O)N1CCC(C(=O)N[C@@H](COCC2CCC(C(=O)N3CCN(CC4CN(C5CCC6C(=O)N(C7CCC(=O)NC7=O)C(=O)C6C5)C4)CC3)CC2)C(=O)NC2NC(C3CCCCC3)CS2)C1. The maximum absolute atomic E-state index is 13.7. The molecule has 9 fully saturated rings. The number of rotatable bonds is 15. The smallest absolute Gasteiger partial charge is 0.249 e. The minimum absolute atomic E-state index is 0.00321. The predicted molar refractivity (Wildman–Crippen MR) is 251 cm³/mol. The molecule has 9 aliphatic rings. The monoisotopic (exact) mass is 987 g/mol. The Kier molecular flexibility index (Phi) is 15.8. The molecule has 6 saturated heterocycles. The van der Waals surface area contributed by atoms with Gasteiger partial charge in [0.25, 0.3) is 0 Å². The van der Waals surface area contributed by atoms with Crippen LogP contribution in [0.5, 0.6) is 0 Å². The first-order valence-electron chi connectivity index (χ1n) is 25.7. The fourth-order valence-corrected chi connectivity index (χ4v) is 14.9. The van der Waals surface area contributed by atoms with Gasteiger partial charge in [0.1, 0.15) is 17.6 Å². The number of thioether (sulfide) groups is 1. The minimum atomic E-state index is -3.42. The highest BCUT2D eigenvalue weighted by molar-refractivity contribution is 8.00. The number of nitrogens with one attached hydrogen (secondary N) is 4. The van der Waals surface area contributed by atoms with Crippen molar-refractivity contribution in [3.63, 3.8) is 0 Å². The third-order valence-electron chi connectivity index (χ3n) is 16.9. The third-order valence-corrected chi connectivity index (χ3v) is 19.3. The van der Waals surface area contributed by atoms with Gasteiger partial charge in [-0.3, -0.25) is 58.9 Å². The van der Waals surface area contributed by atoms with Gasteiger partial charge in [0, 0.05) is 95.7 Å². The summed E-state index contributed by atoms with van der Waals surface area (Å²) in [6.45, 7) is 6.75. The number of carbonyl (C=O) groups excluding carboxylic acids is 7. The van der Waals surface area contributed by atoms with E-state index in [1.807, 2.05) is 4.90 Å². The van der Waals surface area contributed by atoms with Crippen LogP contribution in [-0.4, -0.2) is 187 Å². The van der Waals surface area contributed by atoms with Gasteiger partial charge in [-0.1, -0.05) is 19.3 Å². The minimum Gasteiger partial charge on any atom is -0.378 e. The van der Waals surface area contributed by atoms with Crippen molar-refractivity contribution in [1.82, 2.24) is 45.2 Å². The van der Waals surface area contributed by atoms with Crippen LogP contribution in [-0.2, 0) is 48.3 Å². The molecule has 0 spiro atoms. The number of amides is 7. The van der Waals surface area contributed by atoms with Crippen molar-refractivity contribution in [2.75, 3.05) is 84.1 Å². The van der Waals surface area contributed by atoms with Gasteiger partial charge in [-0.05, 0) is 88.4 Å². The maximum Gasteiger partial charge on any atom is 0.249 e. The van der Waals surface area contributed by atoms with Crippen molar-refractivity contribution in [3.8, 4) is 0 Å². The molecule has 7 amide bonds. The molecule has 9 rings (SSSR count). The van der Waals surface area contributed by atoms with Crippen molar-refractivity contribution >= 4 is 63.1 Å². The van der Waals surface area contributed by atoms with Crippen LogP contribution in [0.2, 0.25) is 0 Å². The second-order valence-corrected chi connectivity index (χ2v) is 24.6. The summed E-state index contributed by atoms with van der Waals surface area (Å²) in [5.41, 5.74) is -0.256. The summed E-state index contributed by atoms with van der Waals surface area (Å²) in [5, 5.41) is 11.9. The standard InChI is InChI=1S/C47H73N9O10S2/c1-68(64,65)55-16-15-33(25-55)41(58)48-37(42(59)51-47-49-38(28-67-47)31-5-3-2-4-6-31)27-66-26-29-7-9-32(10-8-29)44(61)53-19-17-52(18-20-53)22-30-23-54(24-30)34-11-12-35-36(21-34)46(63)56(45(35)62)39-13-14-40(57)50-43(39)60/h29-39,47,49H,2-28H2,1H3,(H,48,58)(H,51,59)(H,50,57,60)/t29?,32?,33?,34?,35?,36?,37-,38?,39?,47?/m0/s1. The first-order chi connectivity index (χ1) is 32.7. The van der Waals surface area contributed by atoms with Crippen LogP contribution in [0.25, 0.3) is 0 Å². The number of piperidine rings is 1. The lowest BCUT2D eigenvalue weighted by atomic mass is 9.76. The van der Waals surface area contributed by atoms with E-state index in [2.05, 4.69) is 31.1 Å². The zero-order valence-corrected chi connectivity index (χ0v) is 41.3. The fraction of sp³-hybridized carbons (Fsp3) is 0.851. The molecule has 0 aromatic rings. The van der Waals surface area contributed by atoms with E-state index in [1.165, 1.54) is 36.4 Å². The highest BCUT2D eigenvalue weighted by Crippen LogP contribution is 2.43. The van der Waals surface area contributed by atoms with Crippen LogP contribution in [0.15, 0.2) is 0 Å². The largest absolute Gasteiger partial charge is 0.378 e. The van der Waals surface area contributed by atoms with Gasteiger partial charge in [0.05, 0.1) is 30.6 Å². The predicted octanol–water partition coefficient (Wildman–Crippen LogP) is 0.296. The topological polar surface area (TPSA) is 227 Å². The van der Waals surface area contributed by atoms with Gasteiger partial charge in [0.2, 0.25) is 51.4 Å².